The molecule has 6 nitrogen and oxygen atoms in total. The molecule has 6 heteroatoms. The van der Waals surface area contributed by atoms with E-state index < -0.39 is 5.91 Å². The van der Waals surface area contributed by atoms with Crippen LogP contribution in [-0.2, 0) is 9.59 Å². The number of allylic oxidation sites excluding steroid dienone is 2. The predicted molar refractivity (Wildman–Crippen MR) is 78.3 cm³/mol. The minimum absolute atomic E-state index is 0.161. The summed E-state index contributed by atoms with van der Waals surface area (Å²) in [7, 11) is 0. The Morgan fingerprint density at radius 2 is 1.61 bits per heavy atom. The Balaban J connectivity index is 1.42. The van der Waals surface area contributed by atoms with Crippen molar-refractivity contribution in [3.63, 3.8) is 0 Å². The Labute approximate surface area is 132 Å². The van der Waals surface area contributed by atoms with Crippen LogP contribution in [0.15, 0.2) is 36.7 Å². The smallest absolute Gasteiger partial charge is 0.270 e. The van der Waals surface area contributed by atoms with E-state index in [1.165, 1.54) is 12.4 Å². The van der Waals surface area contributed by atoms with Crippen LogP contribution in [-0.4, -0.2) is 27.7 Å². The van der Waals surface area contributed by atoms with Gasteiger partial charge in [0.2, 0.25) is 0 Å². The lowest BCUT2D eigenvalue weighted by Gasteiger charge is -2.37. The molecule has 0 unspecified atom stereocenters. The topological polar surface area (TPSA) is 79.4 Å². The third-order valence-electron chi connectivity index (χ3n) is 5.82. The summed E-state index contributed by atoms with van der Waals surface area (Å²) in [5.74, 6) is -0.128. The number of hydrogen-bond acceptors (Lipinski definition) is 4. The lowest BCUT2D eigenvalue weighted by atomic mass is 9.63. The SMILES string of the molecule is O=C(NN1C(=O)[C@@H]2[C@H]3C=C[C@@H]([C@@H]4C[C@H]34)[C@H]2C1=O)c1ccncc1. The fraction of sp³-hybridized carbons (Fsp3) is 0.412. The van der Waals surface area contributed by atoms with Crippen molar-refractivity contribution in [3.8, 4) is 0 Å². The standard InChI is InChI=1S/C17H15N3O3/c21-15(8-3-5-18-6-4-8)19-20-16(22)13-9-1-2-10(12-7-11(9)12)14(13)17(20)23/h1-6,9-14H,7H2,(H,19,21)/t9-,10-,11-,12+,13+,14+/m0/s1. The van der Waals surface area contributed by atoms with Crippen LogP contribution in [0.5, 0.6) is 0 Å². The molecular weight excluding hydrogens is 294 g/mol. The highest BCUT2D eigenvalue weighted by Gasteiger charge is 2.67. The number of amides is 3. The van der Waals surface area contributed by atoms with Gasteiger partial charge in [-0.2, -0.15) is 5.01 Å². The third kappa shape index (κ3) is 1.63. The van der Waals surface area contributed by atoms with Gasteiger partial charge in [0.05, 0.1) is 11.8 Å². The quantitative estimate of drug-likeness (QED) is 0.647. The zero-order valence-electron chi connectivity index (χ0n) is 12.3. The summed E-state index contributed by atoms with van der Waals surface area (Å²) in [6.45, 7) is 0. The highest BCUT2D eigenvalue weighted by Crippen LogP contribution is 2.65. The first-order valence-corrected chi connectivity index (χ1v) is 7.94. The number of carbonyl (C=O) groups is 3. The lowest BCUT2D eigenvalue weighted by molar-refractivity contribution is -0.143. The molecule has 3 fully saturated rings. The first kappa shape index (κ1) is 13.0. The van der Waals surface area contributed by atoms with Gasteiger partial charge in [-0.05, 0) is 42.2 Å². The molecule has 0 radical (unpaired) electrons. The fourth-order valence-electron chi connectivity index (χ4n) is 4.74. The van der Waals surface area contributed by atoms with E-state index in [1.807, 2.05) is 0 Å². The van der Waals surface area contributed by atoms with Gasteiger partial charge < -0.3 is 0 Å². The van der Waals surface area contributed by atoms with E-state index >= 15 is 0 Å². The molecule has 1 aromatic heterocycles. The third-order valence-corrected chi connectivity index (χ3v) is 5.82. The Morgan fingerprint density at radius 3 is 2.17 bits per heavy atom. The van der Waals surface area contributed by atoms with Crippen molar-refractivity contribution < 1.29 is 14.4 Å². The van der Waals surface area contributed by atoms with Gasteiger partial charge in [0, 0.05) is 18.0 Å². The molecule has 6 rings (SSSR count). The van der Waals surface area contributed by atoms with Crippen LogP contribution in [0.1, 0.15) is 16.8 Å². The molecule has 1 aliphatic heterocycles. The Bertz CT molecular complexity index is 724. The molecule has 4 aliphatic carbocycles. The molecule has 5 aliphatic rings. The molecule has 1 saturated heterocycles. The molecule has 116 valence electrons. The summed E-state index contributed by atoms with van der Waals surface area (Å²) >= 11 is 0. The van der Waals surface area contributed by atoms with Gasteiger partial charge >= 0.3 is 0 Å². The number of hydrazine groups is 1. The van der Waals surface area contributed by atoms with Crippen molar-refractivity contribution in [2.24, 2.45) is 35.5 Å². The van der Waals surface area contributed by atoms with Gasteiger partial charge in [0.1, 0.15) is 0 Å². The number of aromatic nitrogens is 1. The number of nitrogens with one attached hydrogen (secondary N) is 1. The van der Waals surface area contributed by atoms with Crippen molar-refractivity contribution in [2.75, 3.05) is 0 Å². The van der Waals surface area contributed by atoms with Gasteiger partial charge in [-0.15, -0.1) is 0 Å². The maximum atomic E-state index is 12.7. The van der Waals surface area contributed by atoms with Gasteiger partial charge in [-0.1, -0.05) is 12.2 Å². The first-order valence-electron chi connectivity index (χ1n) is 7.94. The van der Waals surface area contributed by atoms with Crippen LogP contribution in [0, 0.1) is 35.5 Å². The van der Waals surface area contributed by atoms with Gasteiger partial charge in [-0.3, -0.25) is 24.8 Å². The molecule has 1 N–H and O–H groups in total. The van der Waals surface area contributed by atoms with Crippen LogP contribution in [0.2, 0.25) is 0 Å². The second-order valence-electron chi connectivity index (χ2n) is 6.84. The van der Waals surface area contributed by atoms with Gasteiger partial charge in [0.25, 0.3) is 17.7 Å². The van der Waals surface area contributed by atoms with E-state index in [9.17, 15) is 14.4 Å². The largest absolute Gasteiger partial charge is 0.272 e. The average Bonchev–Trinajstić information content (AvgIpc) is 3.37. The van der Waals surface area contributed by atoms with Crippen LogP contribution in [0.4, 0.5) is 0 Å². The summed E-state index contributed by atoms with van der Waals surface area (Å²) in [6, 6.07) is 3.10. The monoisotopic (exact) mass is 309 g/mol. The van der Waals surface area contributed by atoms with Crippen molar-refractivity contribution >= 4 is 17.7 Å². The first-order chi connectivity index (χ1) is 11.2. The van der Waals surface area contributed by atoms with Crippen molar-refractivity contribution in [3.05, 3.63) is 42.2 Å². The molecular formula is C17H15N3O3. The molecule has 6 atom stereocenters. The molecule has 1 aromatic rings. The van der Waals surface area contributed by atoms with E-state index in [2.05, 4.69) is 22.6 Å². The molecule has 0 spiro atoms. The number of hydrogen-bond donors (Lipinski definition) is 1. The number of imide groups is 1. The van der Waals surface area contributed by atoms with Crippen molar-refractivity contribution in [2.45, 2.75) is 6.42 Å². The molecule has 2 saturated carbocycles. The Kier molecular flexibility index (Phi) is 2.42. The summed E-state index contributed by atoms with van der Waals surface area (Å²) in [5, 5.41) is 0.954. The highest BCUT2D eigenvalue weighted by atomic mass is 16.2. The average molecular weight is 309 g/mol. The van der Waals surface area contributed by atoms with Crippen LogP contribution < -0.4 is 5.43 Å². The molecule has 2 heterocycles. The summed E-state index contributed by atoms with van der Waals surface area (Å²) < 4.78 is 0. The Morgan fingerprint density at radius 1 is 1.04 bits per heavy atom. The summed E-state index contributed by atoms with van der Waals surface area (Å²) in [4.78, 5) is 41.5. The van der Waals surface area contributed by atoms with E-state index in [0.717, 1.165) is 11.4 Å². The van der Waals surface area contributed by atoms with E-state index in [0.29, 0.717) is 17.4 Å². The number of pyridine rings is 1. The summed E-state index contributed by atoms with van der Waals surface area (Å²) in [6.07, 6.45) is 8.35. The maximum absolute atomic E-state index is 12.7. The molecule has 0 aromatic carbocycles. The zero-order chi connectivity index (χ0) is 15.7. The van der Waals surface area contributed by atoms with Gasteiger partial charge in [-0.25, -0.2) is 0 Å². The van der Waals surface area contributed by atoms with Crippen LogP contribution >= 0.6 is 0 Å². The normalized spacial score (nSPS) is 39.2. The Hall–Kier alpha value is -2.50. The minimum atomic E-state index is -0.460. The number of carbonyl (C=O) groups excluding carboxylic acids is 3. The number of rotatable bonds is 2. The maximum Gasteiger partial charge on any atom is 0.270 e. The highest BCUT2D eigenvalue weighted by molar-refractivity contribution is 6.08. The van der Waals surface area contributed by atoms with E-state index in [1.54, 1.807) is 12.1 Å². The van der Waals surface area contributed by atoms with Gasteiger partial charge in [0.15, 0.2) is 0 Å². The number of nitrogens with zero attached hydrogens (tertiary/aromatic N) is 2. The fourth-order valence-corrected chi connectivity index (χ4v) is 4.74. The van der Waals surface area contributed by atoms with Crippen LogP contribution in [0.3, 0.4) is 0 Å². The van der Waals surface area contributed by atoms with E-state index in [-0.39, 0.29) is 35.5 Å². The van der Waals surface area contributed by atoms with Crippen LogP contribution in [0.25, 0.3) is 0 Å². The minimum Gasteiger partial charge on any atom is -0.272 e. The second-order valence-corrected chi connectivity index (χ2v) is 6.84. The molecule has 2 bridgehead atoms. The summed E-state index contributed by atoms with van der Waals surface area (Å²) in [5.41, 5.74) is 2.86. The van der Waals surface area contributed by atoms with Crippen molar-refractivity contribution in [1.29, 1.82) is 0 Å². The zero-order valence-corrected chi connectivity index (χ0v) is 12.3. The van der Waals surface area contributed by atoms with Crippen molar-refractivity contribution in [1.82, 2.24) is 15.4 Å². The van der Waals surface area contributed by atoms with E-state index in [4.69, 9.17) is 0 Å². The lowest BCUT2D eigenvalue weighted by Crippen LogP contribution is -2.46. The molecule has 3 amide bonds. The second kappa shape index (κ2) is 4.28. The predicted octanol–water partition coefficient (Wildman–Crippen LogP) is 0.779. The molecule has 23 heavy (non-hydrogen) atoms.